The standard InChI is InChI=1S/C20H23N3O2S/c24-20(25-12-6-9-15-7-2-1-3-8-15)23-18-11-5-4-10-16(18)22-19(23)17-13-26-14-21-17/h4-5,10-11,13-15H,1-3,6-9,12H2. The lowest BCUT2D eigenvalue weighted by Gasteiger charge is -2.21. The molecular formula is C20H23N3O2S. The van der Waals surface area contributed by atoms with Crippen molar-refractivity contribution < 1.29 is 9.53 Å². The van der Waals surface area contributed by atoms with Gasteiger partial charge in [0.1, 0.15) is 5.69 Å². The Morgan fingerprint density at radius 3 is 2.88 bits per heavy atom. The van der Waals surface area contributed by atoms with Crippen LogP contribution in [0.4, 0.5) is 4.79 Å². The number of thiazole rings is 1. The second-order valence-electron chi connectivity index (χ2n) is 6.89. The number of para-hydroxylation sites is 2. The van der Waals surface area contributed by atoms with Crippen molar-refractivity contribution in [3.8, 4) is 11.5 Å². The number of carbonyl (C=O) groups is 1. The van der Waals surface area contributed by atoms with Crippen LogP contribution in [0.3, 0.4) is 0 Å². The van der Waals surface area contributed by atoms with E-state index in [1.165, 1.54) is 43.4 Å². The Hall–Kier alpha value is -2.21. The maximum atomic E-state index is 12.8. The summed E-state index contributed by atoms with van der Waals surface area (Å²) in [5.41, 5.74) is 3.97. The third-order valence-corrected chi connectivity index (χ3v) is 5.70. The minimum Gasteiger partial charge on any atom is -0.449 e. The summed E-state index contributed by atoms with van der Waals surface area (Å²) in [4.78, 5) is 21.7. The van der Waals surface area contributed by atoms with Crippen molar-refractivity contribution in [2.75, 3.05) is 6.61 Å². The normalized spacial score (nSPS) is 15.4. The summed E-state index contributed by atoms with van der Waals surface area (Å²) in [5.74, 6) is 1.35. The lowest BCUT2D eigenvalue weighted by molar-refractivity contribution is 0.143. The lowest BCUT2D eigenvalue weighted by Crippen LogP contribution is -2.16. The molecule has 3 aromatic rings. The number of fused-ring (bicyclic) bond motifs is 1. The number of ether oxygens (including phenoxy) is 1. The number of carbonyl (C=O) groups excluding carboxylic acids is 1. The van der Waals surface area contributed by atoms with Crippen LogP contribution < -0.4 is 0 Å². The first kappa shape index (κ1) is 17.2. The number of benzene rings is 1. The monoisotopic (exact) mass is 369 g/mol. The van der Waals surface area contributed by atoms with Crippen molar-refractivity contribution >= 4 is 28.5 Å². The van der Waals surface area contributed by atoms with Gasteiger partial charge in [-0.15, -0.1) is 11.3 Å². The van der Waals surface area contributed by atoms with E-state index in [4.69, 9.17) is 4.74 Å². The smallest absolute Gasteiger partial charge is 0.420 e. The molecule has 0 aliphatic heterocycles. The van der Waals surface area contributed by atoms with Crippen LogP contribution in [0.1, 0.15) is 44.9 Å². The molecule has 5 nitrogen and oxygen atoms in total. The van der Waals surface area contributed by atoms with Gasteiger partial charge in [0, 0.05) is 5.38 Å². The fraction of sp³-hybridized carbons (Fsp3) is 0.450. The molecule has 1 aliphatic rings. The molecule has 1 aromatic carbocycles. The Morgan fingerprint density at radius 1 is 1.23 bits per heavy atom. The molecule has 1 aliphatic carbocycles. The van der Waals surface area contributed by atoms with Crippen LogP contribution in [0.2, 0.25) is 0 Å². The van der Waals surface area contributed by atoms with Crippen molar-refractivity contribution in [3.63, 3.8) is 0 Å². The molecule has 4 rings (SSSR count). The van der Waals surface area contributed by atoms with E-state index >= 15 is 0 Å². The van der Waals surface area contributed by atoms with Gasteiger partial charge in [0.15, 0.2) is 5.82 Å². The molecule has 1 fully saturated rings. The molecule has 0 N–H and O–H groups in total. The molecule has 0 saturated heterocycles. The Labute approximate surface area is 157 Å². The van der Waals surface area contributed by atoms with Crippen LogP contribution in [0.5, 0.6) is 0 Å². The highest BCUT2D eigenvalue weighted by Gasteiger charge is 2.20. The minimum absolute atomic E-state index is 0.370. The summed E-state index contributed by atoms with van der Waals surface area (Å²) < 4.78 is 7.13. The highest BCUT2D eigenvalue weighted by Crippen LogP contribution is 2.28. The molecule has 0 unspecified atom stereocenters. The zero-order valence-corrected chi connectivity index (χ0v) is 15.6. The Balaban J connectivity index is 1.46. The number of rotatable bonds is 5. The van der Waals surface area contributed by atoms with E-state index in [1.807, 2.05) is 29.6 Å². The number of hydrogen-bond acceptors (Lipinski definition) is 5. The van der Waals surface area contributed by atoms with Crippen molar-refractivity contribution in [3.05, 3.63) is 35.2 Å². The summed E-state index contributed by atoms with van der Waals surface area (Å²) in [6, 6.07) is 7.61. The van der Waals surface area contributed by atoms with Gasteiger partial charge < -0.3 is 4.74 Å². The van der Waals surface area contributed by atoms with Crippen molar-refractivity contribution in [1.82, 2.24) is 14.5 Å². The highest BCUT2D eigenvalue weighted by atomic mass is 32.1. The SMILES string of the molecule is O=C(OCCCC1CCCCC1)n1c(-c2cscn2)nc2ccccc21. The predicted molar refractivity (Wildman–Crippen MR) is 103 cm³/mol. The molecule has 2 heterocycles. The van der Waals surface area contributed by atoms with Gasteiger partial charge in [-0.2, -0.15) is 0 Å². The largest absolute Gasteiger partial charge is 0.449 e. The highest BCUT2D eigenvalue weighted by molar-refractivity contribution is 7.07. The van der Waals surface area contributed by atoms with Gasteiger partial charge in [0.2, 0.25) is 0 Å². The van der Waals surface area contributed by atoms with E-state index in [0.29, 0.717) is 18.1 Å². The minimum atomic E-state index is -0.370. The molecule has 2 aromatic heterocycles. The van der Waals surface area contributed by atoms with Crippen LogP contribution in [-0.4, -0.2) is 27.2 Å². The first-order chi connectivity index (χ1) is 12.8. The maximum Gasteiger partial charge on any atom is 0.420 e. The van der Waals surface area contributed by atoms with Crippen LogP contribution in [0.15, 0.2) is 35.2 Å². The van der Waals surface area contributed by atoms with Crippen LogP contribution >= 0.6 is 11.3 Å². The summed E-state index contributed by atoms with van der Waals surface area (Å²) >= 11 is 1.49. The quantitative estimate of drug-likeness (QED) is 0.557. The average molecular weight is 369 g/mol. The third kappa shape index (κ3) is 3.65. The van der Waals surface area contributed by atoms with Gasteiger partial charge in [0.25, 0.3) is 0 Å². The van der Waals surface area contributed by atoms with Gasteiger partial charge in [-0.05, 0) is 30.9 Å². The molecule has 6 heteroatoms. The number of nitrogens with zero attached hydrogens (tertiary/aromatic N) is 3. The van der Waals surface area contributed by atoms with Crippen molar-refractivity contribution in [2.24, 2.45) is 5.92 Å². The molecule has 0 spiro atoms. The second-order valence-corrected chi connectivity index (χ2v) is 7.61. The van der Waals surface area contributed by atoms with Gasteiger partial charge in [0.05, 0.1) is 23.2 Å². The van der Waals surface area contributed by atoms with E-state index in [1.54, 1.807) is 10.1 Å². The van der Waals surface area contributed by atoms with Crippen molar-refractivity contribution in [2.45, 2.75) is 44.9 Å². The van der Waals surface area contributed by atoms with E-state index in [2.05, 4.69) is 9.97 Å². The number of aromatic nitrogens is 3. The third-order valence-electron chi connectivity index (χ3n) is 5.11. The fourth-order valence-corrected chi connectivity index (χ4v) is 4.31. The molecule has 0 radical (unpaired) electrons. The molecular weight excluding hydrogens is 346 g/mol. The summed E-state index contributed by atoms with van der Waals surface area (Å²) in [5, 5.41) is 1.90. The molecule has 0 bridgehead atoms. The van der Waals surface area contributed by atoms with Gasteiger partial charge in [-0.25, -0.2) is 19.3 Å². The number of imidazole rings is 1. The predicted octanol–water partition coefficient (Wildman–Crippen LogP) is 5.51. The zero-order valence-electron chi connectivity index (χ0n) is 14.8. The topological polar surface area (TPSA) is 57.0 Å². The van der Waals surface area contributed by atoms with E-state index < -0.39 is 0 Å². The molecule has 136 valence electrons. The second kappa shape index (κ2) is 7.99. The first-order valence-electron chi connectivity index (χ1n) is 9.36. The summed E-state index contributed by atoms with van der Waals surface area (Å²) in [6.07, 6.45) is 8.43. The Kier molecular flexibility index (Phi) is 5.29. The van der Waals surface area contributed by atoms with Crippen LogP contribution in [0, 0.1) is 5.92 Å². The van der Waals surface area contributed by atoms with Gasteiger partial charge in [-0.1, -0.05) is 44.2 Å². The molecule has 0 atom stereocenters. The summed E-state index contributed by atoms with van der Waals surface area (Å²) in [6.45, 7) is 0.457. The zero-order chi connectivity index (χ0) is 17.8. The Bertz CT molecular complexity index is 866. The molecule has 26 heavy (non-hydrogen) atoms. The van der Waals surface area contributed by atoms with Crippen LogP contribution in [0.25, 0.3) is 22.6 Å². The van der Waals surface area contributed by atoms with E-state index in [9.17, 15) is 4.79 Å². The summed E-state index contributed by atoms with van der Waals surface area (Å²) in [7, 11) is 0. The van der Waals surface area contributed by atoms with Gasteiger partial charge in [-0.3, -0.25) is 0 Å². The van der Waals surface area contributed by atoms with E-state index in [-0.39, 0.29) is 6.09 Å². The molecule has 0 amide bonds. The fourth-order valence-electron chi connectivity index (χ4n) is 3.78. The van der Waals surface area contributed by atoms with Crippen LogP contribution in [-0.2, 0) is 4.74 Å². The first-order valence-corrected chi connectivity index (χ1v) is 10.3. The molecule has 1 saturated carbocycles. The maximum absolute atomic E-state index is 12.8. The lowest BCUT2D eigenvalue weighted by atomic mass is 9.86. The number of hydrogen-bond donors (Lipinski definition) is 0. The van der Waals surface area contributed by atoms with Gasteiger partial charge >= 0.3 is 6.09 Å². The van der Waals surface area contributed by atoms with Crippen molar-refractivity contribution in [1.29, 1.82) is 0 Å². The average Bonchev–Trinajstić information content (AvgIpc) is 3.33. The van der Waals surface area contributed by atoms with E-state index in [0.717, 1.165) is 29.8 Å². The Morgan fingerprint density at radius 2 is 2.08 bits per heavy atom.